The zero-order chi connectivity index (χ0) is 11.7. The van der Waals surface area contributed by atoms with Crippen molar-refractivity contribution < 1.29 is 4.74 Å². The summed E-state index contributed by atoms with van der Waals surface area (Å²) < 4.78 is 7.20. The molecule has 0 radical (unpaired) electrons. The van der Waals surface area contributed by atoms with Gasteiger partial charge in [-0.2, -0.15) is 5.10 Å². The zero-order valence-corrected chi connectivity index (χ0v) is 9.67. The van der Waals surface area contributed by atoms with Crippen molar-refractivity contribution in [3.63, 3.8) is 0 Å². The summed E-state index contributed by atoms with van der Waals surface area (Å²) in [5.41, 5.74) is 7.55. The molecular weight excluding hydrogens is 216 g/mol. The summed E-state index contributed by atoms with van der Waals surface area (Å²) in [7, 11) is 0. The molecule has 0 amide bonds. The van der Waals surface area contributed by atoms with Crippen LogP contribution in [0.1, 0.15) is 17.9 Å². The first-order valence-electron chi connectivity index (χ1n) is 5.98. The smallest absolute Gasteiger partial charge is 0.155 e. The van der Waals surface area contributed by atoms with Crippen molar-refractivity contribution in [1.29, 1.82) is 0 Å². The lowest BCUT2D eigenvalue weighted by Crippen LogP contribution is -2.07. The van der Waals surface area contributed by atoms with E-state index in [0.29, 0.717) is 12.5 Å². The molecule has 90 valence electrons. The molecule has 1 saturated heterocycles. The maximum atomic E-state index is 5.68. The number of hydrogen-bond donors (Lipinski definition) is 1. The van der Waals surface area contributed by atoms with Gasteiger partial charge >= 0.3 is 0 Å². The van der Waals surface area contributed by atoms with E-state index in [-0.39, 0.29) is 0 Å². The van der Waals surface area contributed by atoms with Gasteiger partial charge in [-0.15, -0.1) is 0 Å². The molecule has 2 N–H and O–H groups in total. The average molecular weight is 232 g/mol. The van der Waals surface area contributed by atoms with Crippen LogP contribution in [0, 0.1) is 5.92 Å². The van der Waals surface area contributed by atoms with Crippen molar-refractivity contribution in [1.82, 2.24) is 14.6 Å². The Morgan fingerprint density at radius 1 is 1.47 bits per heavy atom. The van der Waals surface area contributed by atoms with Crippen molar-refractivity contribution >= 4 is 5.65 Å². The standard InChI is InChI=1S/C12H16N4O/c13-7-10-2-1-3-12-14-11(15-16(10)12)6-9-4-5-17-8-9/h1-3,9H,4-8,13H2. The summed E-state index contributed by atoms with van der Waals surface area (Å²) in [4.78, 5) is 4.53. The maximum Gasteiger partial charge on any atom is 0.155 e. The Morgan fingerprint density at radius 2 is 2.41 bits per heavy atom. The van der Waals surface area contributed by atoms with Gasteiger partial charge in [-0.1, -0.05) is 6.07 Å². The Labute approximate surface area is 99.6 Å². The lowest BCUT2D eigenvalue weighted by Gasteiger charge is -2.01. The summed E-state index contributed by atoms with van der Waals surface area (Å²) >= 11 is 0. The normalized spacial score (nSPS) is 20.2. The van der Waals surface area contributed by atoms with Crippen LogP contribution in [-0.2, 0) is 17.7 Å². The van der Waals surface area contributed by atoms with Gasteiger partial charge in [0.2, 0.25) is 0 Å². The molecule has 1 unspecified atom stereocenters. The number of nitrogens with two attached hydrogens (primary N) is 1. The van der Waals surface area contributed by atoms with Crippen LogP contribution in [0.4, 0.5) is 0 Å². The predicted molar refractivity (Wildman–Crippen MR) is 63.5 cm³/mol. The lowest BCUT2D eigenvalue weighted by molar-refractivity contribution is 0.185. The molecule has 3 heterocycles. The molecule has 0 aromatic carbocycles. The number of fused-ring (bicyclic) bond motifs is 1. The summed E-state index contributed by atoms with van der Waals surface area (Å²) in [6.07, 6.45) is 2.00. The minimum atomic E-state index is 0.479. The van der Waals surface area contributed by atoms with E-state index in [0.717, 1.165) is 43.2 Å². The van der Waals surface area contributed by atoms with E-state index in [4.69, 9.17) is 10.5 Å². The second kappa shape index (κ2) is 4.43. The first kappa shape index (κ1) is 10.7. The summed E-state index contributed by atoms with van der Waals surface area (Å²) in [5.74, 6) is 1.45. The van der Waals surface area contributed by atoms with E-state index in [2.05, 4.69) is 10.1 Å². The number of pyridine rings is 1. The number of ether oxygens (including phenoxy) is 1. The van der Waals surface area contributed by atoms with Crippen LogP contribution in [0.15, 0.2) is 18.2 Å². The van der Waals surface area contributed by atoms with Crippen LogP contribution in [-0.4, -0.2) is 27.8 Å². The fourth-order valence-corrected chi connectivity index (χ4v) is 2.25. The van der Waals surface area contributed by atoms with E-state index < -0.39 is 0 Å². The molecule has 0 saturated carbocycles. The van der Waals surface area contributed by atoms with Gasteiger partial charge in [-0.25, -0.2) is 9.50 Å². The summed E-state index contributed by atoms with van der Waals surface area (Å²) in [5, 5.41) is 4.52. The fraction of sp³-hybridized carbons (Fsp3) is 0.500. The van der Waals surface area contributed by atoms with Gasteiger partial charge in [0.15, 0.2) is 11.5 Å². The third kappa shape index (κ3) is 2.03. The largest absolute Gasteiger partial charge is 0.381 e. The van der Waals surface area contributed by atoms with Gasteiger partial charge in [-0.05, 0) is 24.5 Å². The molecule has 1 aliphatic rings. The van der Waals surface area contributed by atoms with Crippen LogP contribution in [0.25, 0.3) is 5.65 Å². The maximum absolute atomic E-state index is 5.68. The van der Waals surface area contributed by atoms with E-state index in [1.165, 1.54) is 0 Å². The third-order valence-electron chi connectivity index (χ3n) is 3.19. The molecule has 0 spiro atoms. The van der Waals surface area contributed by atoms with Crippen LogP contribution in [0.2, 0.25) is 0 Å². The second-order valence-corrected chi connectivity index (χ2v) is 4.45. The highest BCUT2D eigenvalue weighted by atomic mass is 16.5. The predicted octanol–water partition coefficient (Wildman–Crippen LogP) is 0.767. The highest BCUT2D eigenvalue weighted by Crippen LogP contribution is 2.17. The van der Waals surface area contributed by atoms with E-state index in [1.54, 1.807) is 0 Å². The highest BCUT2D eigenvalue weighted by molar-refractivity contribution is 5.38. The number of hydrogen-bond acceptors (Lipinski definition) is 4. The molecule has 2 aromatic heterocycles. The quantitative estimate of drug-likeness (QED) is 0.848. The van der Waals surface area contributed by atoms with Crippen LogP contribution in [0.5, 0.6) is 0 Å². The van der Waals surface area contributed by atoms with E-state index in [1.807, 2.05) is 22.7 Å². The van der Waals surface area contributed by atoms with Crippen molar-refractivity contribution in [2.45, 2.75) is 19.4 Å². The van der Waals surface area contributed by atoms with Crippen molar-refractivity contribution in [3.05, 3.63) is 29.7 Å². The van der Waals surface area contributed by atoms with Gasteiger partial charge < -0.3 is 10.5 Å². The SMILES string of the molecule is NCc1cccc2nc(CC3CCOC3)nn12. The van der Waals surface area contributed by atoms with E-state index in [9.17, 15) is 0 Å². The number of aromatic nitrogens is 3. The Morgan fingerprint density at radius 3 is 3.18 bits per heavy atom. The molecule has 17 heavy (non-hydrogen) atoms. The molecule has 1 fully saturated rings. The Hall–Kier alpha value is -1.46. The van der Waals surface area contributed by atoms with Gasteiger partial charge in [0.25, 0.3) is 0 Å². The van der Waals surface area contributed by atoms with Crippen LogP contribution < -0.4 is 5.73 Å². The molecule has 3 rings (SSSR count). The van der Waals surface area contributed by atoms with Crippen LogP contribution in [0.3, 0.4) is 0 Å². The molecule has 0 bridgehead atoms. The summed E-state index contributed by atoms with van der Waals surface area (Å²) in [6.45, 7) is 2.18. The van der Waals surface area contributed by atoms with E-state index >= 15 is 0 Å². The van der Waals surface area contributed by atoms with Crippen molar-refractivity contribution in [2.24, 2.45) is 11.7 Å². The number of nitrogens with zero attached hydrogens (tertiary/aromatic N) is 3. The average Bonchev–Trinajstić information content (AvgIpc) is 2.97. The van der Waals surface area contributed by atoms with Gasteiger partial charge in [0, 0.05) is 26.2 Å². The van der Waals surface area contributed by atoms with Crippen LogP contribution >= 0.6 is 0 Å². The topological polar surface area (TPSA) is 65.4 Å². The lowest BCUT2D eigenvalue weighted by atomic mass is 10.1. The van der Waals surface area contributed by atoms with Gasteiger partial charge in [0.1, 0.15) is 0 Å². The Kier molecular flexibility index (Phi) is 2.78. The third-order valence-corrected chi connectivity index (χ3v) is 3.19. The second-order valence-electron chi connectivity index (χ2n) is 4.45. The highest BCUT2D eigenvalue weighted by Gasteiger charge is 2.18. The molecule has 5 heteroatoms. The van der Waals surface area contributed by atoms with Gasteiger partial charge in [0.05, 0.1) is 5.69 Å². The minimum absolute atomic E-state index is 0.479. The molecule has 0 aliphatic carbocycles. The minimum Gasteiger partial charge on any atom is -0.381 e. The fourth-order valence-electron chi connectivity index (χ4n) is 2.25. The first-order chi connectivity index (χ1) is 8.36. The molecule has 1 aliphatic heterocycles. The number of rotatable bonds is 3. The molecule has 2 aromatic rings. The monoisotopic (exact) mass is 232 g/mol. The Bertz CT molecular complexity index is 516. The zero-order valence-electron chi connectivity index (χ0n) is 9.67. The molecular formula is C12H16N4O. The first-order valence-corrected chi connectivity index (χ1v) is 5.98. The Balaban J connectivity index is 1.90. The van der Waals surface area contributed by atoms with Gasteiger partial charge in [-0.3, -0.25) is 0 Å². The summed E-state index contributed by atoms with van der Waals surface area (Å²) in [6, 6.07) is 5.90. The molecule has 1 atom stereocenters. The van der Waals surface area contributed by atoms with Crippen molar-refractivity contribution in [2.75, 3.05) is 13.2 Å². The molecule has 5 nitrogen and oxygen atoms in total. The van der Waals surface area contributed by atoms with Crippen molar-refractivity contribution in [3.8, 4) is 0 Å².